The van der Waals surface area contributed by atoms with Crippen molar-refractivity contribution in [3.63, 3.8) is 0 Å². The van der Waals surface area contributed by atoms with Crippen LogP contribution in [-0.2, 0) is 11.2 Å². The molecule has 14 heavy (non-hydrogen) atoms. The van der Waals surface area contributed by atoms with Crippen LogP contribution in [0.25, 0.3) is 0 Å². The summed E-state index contributed by atoms with van der Waals surface area (Å²) >= 11 is 5.25. The van der Waals surface area contributed by atoms with Gasteiger partial charge in [0.1, 0.15) is 5.75 Å². The maximum Gasteiger partial charge on any atom is 0.221 e. The summed E-state index contributed by atoms with van der Waals surface area (Å²) in [6.07, 6.45) is 2.00. The van der Waals surface area contributed by atoms with E-state index < -0.39 is 0 Å². The molecule has 0 unspecified atom stereocenters. The third-order valence-corrected chi connectivity index (χ3v) is 2.20. The summed E-state index contributed by atoms with van der Waals surface area (Å²) in [6.45, 7) is 0. The number of hydrogen-bond acceptors (Lipinski definition) is 2. The maximum absolute atomic E-state index is 10.5. The summed E-state index contributed by atoms with van der Waals surface area (Å²) in [5.41, 5.74) is 1.12. The Hall–Kier alpha value is -1.02. The summed E-state index contributed by atoms with van der Waals surface area (Å²) in [7, 11) is 1.64. The first-order valence-electron chi connectivity index (χ1n) is 4.54. The molecule has 76 valence electrons. The van der Waals surface area contributed by atoms with Crippen molar-refractivity contribution < 1.29 is 9.53 Å². The van der Waals surface area contributed by atoms with Gasteiger partial charge in [-0.1, -0.05) is 18.2 Å². The second-order valence-electron chi connectivity index (χ2n) is 3.02. The van der Waals surface area contributed by atoms with Gasteiger partial charge in [-0.25, -0.2) is 0 Å². The summed E-state index contributed by atoms with van der Waals surface area (Å²) in [5.74, 6) is 0.870. The Bertz CT molecular complexity index is 310. The molecule has 0 fully saturated rings. The third-order valence-electron chi connectivity index (χ3n) is 2.01. The van der Waals surface area contributed by atoms with Gasteiger partial charge in [0.05, 0.1) is 7.11 Å². The van der Waals surface area contributed by atoms with Crippen molar-refractivity contribution in [2.24, 2.45) is 0 Å². The van der Waals surface area contributed by atoms with Gasteiger partial charge in [-0.15, -0.1) is 0 Å². The number of ether oxygens (including phenoxy) is 1. The van der Waals surface area contributed by atoms with E-state index in [1.54, 1.807) is 7.11 Å². The van der Waals surface area contributed by atoms with E-state index in [-0.39, 0.29) is 5.24 Å². The van der Waals surface area contributed by atoms with Crippen molar-refractivity contribution >= 4 is 16.8 Å². The number of methoxy groups -OCH3 is 1. The molecule has 0 spiro atoms. The van der Waals surface area contributed by atoms with Gasteiger partial charge < -0.3 is 4.74 Å². The smallest absolute Gasteiger partial charge is 0.221 e. The van der Waals surface area contributed by atoms with Gasteiger partial charge in [0.2, 0.25) is 5.24 Å². The van der Waals surface area contributed by atoms with Gasteiger partial charge in [0.15, 0.2) is 0 Å². The normalized spacial score (nSPS) is 9.86. The minimum absolute atomic E-state index is 0.278. The Morgan fingerprint density at radius 3 is 2.79 bits per heavy atom. The highest BCUT2D eigenvalue weighted by molar-refractivity contribution is 6.63. The molecule has 0 amide bonds. The summed E-state index contributed by atoms with van der Waals surface area (Å²) in [4.78, 5) is 10.5. The van der Waals surface area contributed by atoms with E-state index in [1.165, 1.54) is 0 Å². The van der Waals surface area contributed by atoms with Gasteiger partial charge in [-0.2, -0.15) is 0 Å². The lowest BCUT2D eigenvalue weighted by Gasteiger charge is -2.06. The Morgan fingerprint density at radius 2 is 2.14 bits per heavy atom. The molecule has 0 aliphatic carbocycles. The number of halogens is 1. The number of carbonyl (C=O) groups is 1. The van der Waals surface area contributed by atoms with E-state index in [4.69, 9.17) is 16.3 Å². The highest BCUT2D eigenvalue weighted by atomic mass is 35.5. The number of rotatable bonds is 5. The summed E-state index contributed by atoms with van der Waals surface area (Å²) < 4.78 is 5.18. The topological polar surface area (TPSA) is 26.3 Å². The Kier molecular flexibility index (Phi) is 4.47. The first kappa shape index (κ1) is 11.1. The molecule has 0 bridgehead atoms. The van der Waals surface area contributed by atoms with Crippen LogP contribution in [0.5, 0.6) is 5.75 Å². The van der Waals surface area contributed by atoms with Gasteiger partial charge in [0, 0.05) is 6.42 Å². The van der Waals surface area contributed by atoms with E-state index in [0.717, 1.165) is 24.2 Å². The standard InChI is InChI=1S/C11H13ClO2/c1-14-10-7-3-2-5-9(10)6-4-8-11(12)13/h2-3,5,7H,4,6,8H2,1H3. The SMILES string of the molecule is COc1ccccc1CCCC(=O)Cl. The van der Waals surface area contributed by atoms with Crippen LogP contribution >= 0.6 is 11.6 Å². The van der Waals surface area contributed by atoms with Crippen LogP contribution < -0.4 is 4.74 Å². The fourth-order valence-corrected chi connectivity index (χ4v) is 1.46. The lowest BCUT2D eigenvalue weighted by atomic mass is 10.1. The van der Waals surface area contributed by atoms with E-state index in [1.807, 2.05) is 24.3 Å². The summed E-state index contributed by atoms with van der Waals surface area (Å²) in [6, 6.07) is 7.80. The minimum atomic E-state index is -0.278. The van der Waals surface area contributed by atoms with Crippen LogP contribution in [0.2, 0.25) is 0 Å². The number of para-hydroxylation sites is 1. The molecule has 0 radical (unpaired) electrons. The zero-order chi connectivity index (χ0) is 10.4. The molecule has 3 heteroatoms. The monoisotopic (exact) mass is 212 g/mol. The largest absolute Gasteiger partial charge is 0.496 e. The predicted molar refractivity (Wildman–Crippen MR) is 56.8 cm³/mol. The molecule has 0 heterocycles. The van der Waals surface area contributed by atoms with Crippen LogP contribution in [0.1, 0.15) is 18.4 Å². The molecule has 0 aromatic heterocycles. The highest BCUT2D eigenvalue weighted by Crippen LogP contribution is 2.19. The lowest BCUT2D eigenvalue weighted by molar-refractivity contribution is -0.111. The summed E-state index contributed by atoms with van der Waals surface area (Å²) in [5, 5.41) is -0.278. The van der Waals surface area contributed by atoms with Crippen LogP contribution in [0.4, 0.5) is 0 Å². The molecule has 0 N–H and O–H groups in total. The van der Waals surface area contributed by atoms with Gasteiger partial charge in [-0.05, 0) is 36.1 Å². The predicted octanol–water partition coefficient (Wildman–Crippen LogP) is 2.78. The molecule has 0 saturated carbocycles. The van der Waals surface area contributed by atoms with Crippen molar-refractivity contribution in [3.05, 3.63) is 29.8 Å². The molecule has 2 nitrogen and oxygen atoms in total. The van der Waals surface area contributed by atoms with Crippen molar-refractivity contribution in [2.75, 3.05) is 7.11 Å². The van der Waals surface area contributed by atoms with E-state index >= 15 is 0 Å². The van der Waals surface area contributed by atoms with Gasteiger partial charge >= 0.3 is 0 Å². The molecule has 0 aliphatic heterocycles. The second kappa shape index (κ2) is 5.66. The Labute approximate surface area is 88.8 Å². The fourth-order valence-electron chi connectivity index (χ4n) is 1.33. The molecule has 1 aromatic rings. The molecule has 0 aliphatic rings. The Balaban J connectivity index is 2.53. The first-order valence-corrected chi connectivity index (χ1v) is 4.92. The van der Waals surface area contributed by atoms with Crippen LogP contribution in [-0.4, -0.2) is 12.4 Å². The zero-order valence-electron chi connectivity index (χ0n) is 8.13. The van der Waals surface area contributed by atoms with Crippen molar-refractivity contribution in [3.8, 4) is 5.75 Å². The van der Waals surface area contributed by atoms with Crippen LogP contribution in [0.3, 0.4) is 0 Å². The van der Waals surface area contributed by atoms with Gasteiger partial charge in [-0.3, -0.25) is 4.79 Å². The van der Waals surface area contributed by atoms with Crippen LogP contribution in [0.15, 0.2) is 24.3 Å². The second-order valence-corrected chi connectivity index (χ2v) is 3.44. The number of aryl methyl sites for hydroxylation is 1. The van der Waals surface area contributed by atoms with Crippen molar-refractivity contribution in [1.82, 2.24) is 0 Å². The molecule has 0 saturated heterocycles. The average molecular weight is 213 g/mol. The number of carbonyl (C=O) groups excluding carboxylic acids is 1. The lowest BCUT2D eigenvalue weighted by Crippen LogP contribution is -1.94. The highest BCUT2D eigenvalue weighted by Gasteiger charge is 2.02. The maximum atomic E-state index is 10.5. The fraction of sp³-hybridized carbons (Fsp3) is 0.364. The molecular weight excluding hydrogens is 200 g/mol. The van der Waals surface area contributed by atoms with E-state index in [2.05, 4.69) is 0 Å². The molecule has 1 rings (SSSR count). The molecular formula is C11H13ClO2. The van der Waals surface area contributed by atoms with Crippen molar-refractivity contribution in [1.29, 1.82) is 0 Å². The van der Waals surface area contributed by atoms with Crippen molar-refractivity contribution in [2.45, 2.75) is 19.3 Å². The quantitative estimate of drug-likeness (QED) is 0.702. The van der Waals surface area contributed by atoms with E-state index in [0.29, 0.717) is 6.42 Å². The molecule has 1 aromatic carbocycles. The van der Waals surface area contributed by atoms with Gasteiger partial charge in [0.25, 0.3) is 0 Å². The molecule has 0 atom stereocenters. The number of benzene rings is 1. The average Bonchev–Trinajstić information content (AvgIpc) is 2.18. The minimum Gasteiger partial charge on any atom is -0.496 e. The zero-order valence-corrected chi connectivity index (χ0v) is 8.88. The Morgan fingerprint density at radius 1 is 1.43 bits per heavy atom. The number of hydrogen-bond donors (Lipinski definition) is 0. The van der Waals surface area contributed by atoms with E-state index in [9.17, 15) is 4.79 Å². The third kappa shape index (κ3) is 3.38. The first-order chi connectivity index (χ1) is 6.74. The van der Waals surface area contributed by atoms with Crippen LogP contribution in [0, 0.1) is 0 Å².